The molecular formula is C15H26. The summed E-state index contributed by atoms with van der Waals surface area (Å²) in [7, 11) is 0. The lowest BCUT2D eigenvalue weighted by Gasteiger charge is -2.09. The lowest BCUT2D eigenvalue weighted by atomic mass is 9.97. The highest BCUT2D eigenvalue weighted by atomic mass is 14.1. The number of allylic oxidation sites excluding steroid dienone is 6. The van der Waals surface area contributed by atoms with E-state index in [4.69, 9.17) is 0 Å². The average molecular weight is 206 g/mol. The smallest absolute Gasteiger partial charge is 0.0111 e. The molecule has 0 aliphatic heterocycles. The fourth-order valence-corrected chi connectivity index (χ4v) is 1.59. The molecule has 0 aliphatic rings. The van der Waals surface area contributed by atoms with Crippen LogP contribution in [0.5, 0.6) is 0 Å². The lowest BCUT2D eigenvalue weighted by molar-refractivity contribution is 0.946. The van der Waals surface area contributed by atoms with Crippen LogP contribution in [0.2, 0.25) is 0 Å². The lowest BCUT2D eigenvalue weighted by Crippen LogP contribution is -1.89. The van der Waals surface area contributed by atoms with Gasteiger partial charge in [-0.15, -0.1) is 0 Å². The van der Waals surface area contributed by atoms with Crippen molar-refractivity contribution in [2.75, 3.05) is 0 Å². The van der Waals surface area contributed by atoms with Gasteiger partial charge in [0, 0.05) is 0 Å². The Kier molecular flexibility index (Phi) is 7.11. The zero-order chi connectivity index (χ0) is 11.8. The Morgan fingerprint density at radius 3 is 2.07 bits per heavy atom. The van der Waals surface area contributed by atoms with Gasteiger partial charge in [0.25, 0.3) is 0 Å². The highest BCUT2D eigenvalue weighted by Crippen LogP contribution is 2.20. The van der Waals surface area contributed by atoms with E-state index in [2.05, 4.69) is 53.7 Å². The van der Waals surface area contributed by atoms with Gasteiger partial charge in [-0.2, -0.15) is 0 Å². The Labute approximate surface area is 95.8 Å². The Morgan fingerprint density at radius 1 is 1.07 bits per heavy atom. The third-order valence-electron chi connectivity index (χ3n) is 2.82. The van der Waals surface area contributed by atoms with E-state index >= 15 is 0 Å². The molecule has 0 unspecified atom stereocenters. The molecule has 0 aromatic carbocycles. The standard InChI is InChI=1S/C15H26/c1-7-13(5)11-14(6)15(8-2)10-9-12(3)4/h7,9H,8,10-11H2,1-6H3/b13-7?,15-14-. The van der Waals surface area contributed by atoms with Crippen LogP contribution in [0.3, 0.4) is 0 Å². The van der Waals surface area contributed by atoms with Crippen LogP contribution in [0.4, 0.5) is 0 Å². The third kappa shape index (κ3) is 6.33. The normalized spacial score (nSPS) is 13.6. The van der Waals surface area contributed by atoms with Crippen LogP contribution in [-0.2, 0) is 0 Å². The Bertz CT molecular complexity index is 270. The summed E-state index contributed by atoms with van der Waals surface area (Å²) in [4.78, 5) is 0. The second-order valence-electron chi connectivity index (χ2n) is 4.53. The fraction of sp³-hybridized carbons (Fsp3) is 0.600. The molecule has 0 heteroatoms. The van der Waals surface area contributed by atoms with Crippen LogP contribution >= 0.6 is 0 Å². The van der Waals surface area contributed by atoms with Gasteiger partial charge in [0.1, 0.15) is 0 Å². The summed E-state index contributed by atoms with van der Waals surface area (Å²) in [6.45, 7) is 13.2. The SMILES string of the molecule is CC=C(C)C/C(C)=C(/CC)CC=C(C)C. The molecule has 0 rings (SSSR count). The predicted molar refractivity (Wildman–Crippen MR) is 71.1 cm³/mol. The summed E-state index contributed by atoms with van der Waals surface area (Å²) in [5.74, 6) is 0. The molecule has 0 atom stereocenters. The summed E-state index contributed by atoms with van der Waals surface area (Å²) in [5.41, 5.74) is 6.02. The summed E-state index contributed by atoms with van der Waals surface area (Å²) in [5, 5.41) is 0. The number of hydrogen-bond acceptors (Lipinski definition) is 0. The predicted octanol–water partition coefficient (Wildman–Crippen LogP) is 5.43. The number of hydrogen-bond donors (Lipinski definition) is 0. The molecule has 86 valence electrons. The van der Waals surface area contributed by atoms with Crippen LogP contribution in [0, 0.1) is 0 Å². The third-order valence-corrected chi connectivity index (χ3v) is 2.82. The van der Waals surface area contributed by atoms with Gasteiger partial charge in [-0.1, -0.05) is 41.4 Å². The molecule has 0 aromatic heterocycles. The molecule has 0 spiro atoms. The highest BCUT2D eigenvalue weighted by Gasteiger charge is 2.00. The summed E-state index contributed by atoms with van der Waals surface area (Å²) in [6, 6.07) is 0. The van der Waals surface area contributed by atoms with E-state index in [1.807, 2.05) is 0 Å². The minimum atomic E-state index is 1.13. The first-order valence-corrected chi connectivity index (χ1v) is 5.93. The first kappa shape index (κ1) is 14.2. The van der Waals surface area contributed by atoms with E-state index < -0.39 is 0 Å². The number of rotatable bonds is 5. The van der Waals surface area contributed by atoms with Crippen molar-refractivity contribution in [2.45, 2.75) is 60.8 Å². The summed E-state index contributed by atoms with van der Waals surface area (Å²) < 4.78 is 0. The Balaban J connectivity index is 4.60. The van der Waals surface area contributed by atoms with Crippen molar-refractivity contribution >= 4 is 0 Å². The maximum atomic E-state index is 2.33. The van der Waals surface area contributed by atoms with Gasteiger partial charge in [-0.3, -0.25) is 0 Å². The van der Waals surface area contributed by atoms with E-state index in [9.17, 15) is 0 Å². The van der Waals surface area contributed by atoms with Gasteiger partial charge in [-0.05, 0) is 53.9 Å². The van der Waals surface area contributed by atoms with Gasteiger partial charge in [0.2, 0.25) is 0 Å². The van der Waals surface area contributed by atoms with Gasteiger partial charge >= 0.3 is 0 Å². The van der Waals surface area contributed by atoms with Crippen LogP contribution in [0.15, 0.2) is 34.4 Å². The first-order valence-electron chi connectivity index (χ1n) is 5.93. The van der Waals surface area contributed by atoms with E-state index in [0.29, 0.717) is 0 Å². The van der Waals surface area contributed by atoms with Crippen molar-refractivity contribution in [2.24, 2.45) is 0 Å². The first-order chi connectivity index (χ1) is 7.01. The van der Waals surface area contributed by atoms with E-state index in [0.717, 1.165) is 12.8 Å². The second kappa shape index (κ2) is 7.50. The molecule has 0 aliphatic carbocycles. The minimum absolute atomic E-state index is 1.13. The zero-order valence-electron chi connectivity index (χ0n) is 11.3. The van der Waals surface area contributed by atoms with E-state index in [1.165, 1.54) is 17.6 Å². The summed E-state index contributed by atoms with van der Waals surface area (Å²) in [6.07, 6.45) is 7.97. The monoisotopic (exact) mass is 206 g/mol. The topological polar surface area (TPSA) is 0 Å². The largest absolute Gasteiger partial charge is 0.0884 e. The van der Waals surface area contributed by atoms with E-state index in [1.54, 1.807) is 11.1 Å². The molecular weight excluding hydrogens is 180 g/mol. The zero-order valence-corrected chi connectivity index (χ0v) is 11.3. The molecule has 15 heavy (non-hydrogen) atoms. The van der Waals surface area contributed by atoms with Crippen molar-refractivity contribution in [3.63, 3.8) is 0 Å². The van der Waals surface area contributed by atoms with Gasteiger partial charge in [0.05, 0.1) is 0 Å². The van der Waals surface area contributed by atoms with Crippen LogP contribution < -0.4 is 0 Å². The molecule has 0 aromatic rings. The van der Waals surface area contributed by atoms with Crippen molar-refractivity contribution in [3.05, 3.63) is 34.4 Å². The quantitative estimate of drug-likeness (QED) is 0.526. The Morgan fingerprint density at radius 2 is 1.67 bits per heavy atom. The Hall–Kier alpha value is -0.780. The highest BCUT2D eigenvalue weighted by molar-refractivity contribution is 5.21. The second-order valence-corrected chi connectivity index (χ2v) is 4.53. The van der Waals surface area contributed by atoms with Crippen molar-refractivity contribution in [1.82, 2.24) is 0 Å². The molecule has 0 radical (unpaired) electrons. The fourth-order valence-electron chi connectivity index (χ4n) is 1.59. The van der Waals surface area contributed by atoms with Crippen LogP contribution in [-0.4, -0.2) is 0 Å². The maximum absolute atomic E-state index is 2.33. The summed E-state index contributed by atoms with van der Waals surface area (Å²) >= 11 is 0. The average Bonchev–Trinajstić information content (AvgIpc) is 2.18. The molecule has 0 saturated carbocycles. The van der Waals surface area contributed by atoms with E-state index in [-0.39, 0.29) is 0 Å². The molecule has 0 bridgehead atoms. The molecule has 0 fully saturated rings. The molecule has 0 heterocycles. The van der Waals surface area contributed by atoms with Gasteiger partial charge in [-0.25, -0.2) is 0 Å². The minimum Gasteiger partial charge on any atom is -0.0884 e. The van der Waals surface area contributed by atoms with Crippen molar-refractivity contribution in [3.8, 4) is 0 Å². The van der Waals surface area contributed by atoms with Crippen molar-refractivity contribution < 1.29 is 0 Å². The van der Waals surface area contributed by atoms with Crippen LogP contribution in [0.1, 0.15) is 60.8 Å². The van der Waals surface area contributed by atoms with Gasteiger partial charge < -0.3 is 0 Å². The molecule has 0 N–H and O–H groups in total. The van der Waals surface area contributed by atoms with Crippen LogP contribution in [0.25, 0.3) is 0 Å². The molecule has 0 saturated heterocycles. The van der Waals surface area contributed by atoms with Gasteiger partial charge in [0.15, 0.2) is 0 Å². The molecule has 0 nitrogen and oxygen atoms in total. The molecule has 0 amide bonds. The maximum Gasteiger partial charge on any atom is -0.0111 e. The van der Waals surface area contributed by atoms with Crippen molar-refractivity contribution in [1.29, 1.82) is 0 Å².